The largest absolute Gasteiger partial charge is 0.456 e. The zero-order valence-corrected chi connectivity index (χ0v) is 20.2. The SMILES string of the molecule is C.COC(=O)Nc1nc2ncc(Oc3ccc(NC(=O)Nc4cc(C(F)(F)F)ccc4Cl)cc3)cc2[nH]1.Cl. The number of alkyl halides is 3. The highest BCUT2D eigenvalue weighted by Gasteiger charge is 2.31. The number of aromatic amines is 1. The lowest BCUT2D eigenvalue weighted by Crippen LogP contribution is -2.20. The zero-order valence-electron chi connectivity index (χ0n) is 18.6. The molecule has 4 aromatic rings. The molecule has 0 aliphatic heterocycles. The first-order valence-corrected chi connectivity index (χ1v) is 10.4. The number of rotatable bonds is 5. The highest BCUT2D eigenvalue weighted by molar-refractivity contribution is 6.33. The molecule has 15 heteroatoms. The van der Waals surface area contributed by atoms with E-state index < -0.39 is 23.9 Å². The number of aromatic nitrogens is 3. The van der Waals surface area contributed by atoms with Crippen LogP contribution in [0, 0.1) is 0 Å². The molecule has 0 bridgehead atoms. The van der Waals surface area contributed by atoms with Crippen LogP contribution in [0.5, 0.6) is 11.5 Å². The first kappa shape index (κ1) is 30.0. The number of fused-ring (bicyclic) bond motifs is 1. The fraction of sp³-hybridized carbons (Fsp3) is 0.130. The molecule has 0 spiro atoms. The van der Waals surface area contributed by atoms with Crippen molar-refractivity contribution in [2.45, 2.75) is 13.6 Å². The van der Waals surface area contributed by atoms with E-state index in [9.17, 15) is 22.8 Å². The second-order valence-electron chi connectivity index (χ2n) is 7.14. The lowest BCUT2D eigenvalue weighted by Gasteiger charge is -2.12. The van der Waals surface area contributed by atoms with Gasteiger partial charge in [-0.1, -0.05) is 19.0 Å². The third kappa shape index (κ3) is 7.40. The first-order valence-electron chi connectivity index (χ1n) is 10.0. The summed E-state index contributed by atoms with van der Waals surface area (Å²) in [6.07, 6.45) is -3.83. The maximum Gasteiger partial charge on any atom is 0.416 e. The van der Waals surface area contributed by atoms with Gasteiger partial charge >= 0.3 is 18.3 Å². The summed E-state index contributed by atoms with van der Waals surface area (Å²) in [5, 5.41) is 7.14. The van der Waals surface area contributed by atoms with E-state index in [1.165, 1.54) is 25.4 Å². The topological polar surface area (TPSA) is 130 Å². The molecule has 2 heterocycles. The molecular formula is C23H21Cl2F3N6O4. The number of anilines is 3. The van der Waals surface area contributed by atoms with E-state index in [0.717, 1.165) is 18.2 Å². The van der Waals surface area contributed by atoms with Crippen molar-refractivity contribution in [1.29, 1.82) is 0 Å². The molecule has 2 aromatic heterocycles. The minimum atomic E-state index is -4.58. The van der Waals surface area contributed by atoms with Gasteiger partial charge in [0.2, 0.25) is 5.95 Å². The summed E-state index contributed by atoms with van der Waals surface area (Å²) in [4.78, 5) is 34.6. The predicted molar refractivity (Wildman–Crippen MR) is 140 cm³/mol. The molecule has 4 rings (SSSR count). The van der Waals surface area contributed by atoms with Gasteiger partial charge in [0.15, 0.2) is 5.65 Å². The molecule has 0 radical (unpaired) electrons. The Morgan fingerprint density at radius 2 is 1.71 bits per heavy atom. The lowest BCUT2D eigenvalue weighted by molar-refractivity contribution is -0.137. The van der Waals surface area contributed by atoms with Crippen LogP contribution < -0.4 is 20.7 Å². The number of ether oxygens (including phenoxy) is 2. The molecule has 0 fully saturated rings. The Bertz CT molecular complexity index is 1430. The van der Waals surface area contributed by atoms with Crippen molar-refractivity contribution in [2.75, 3.05) is 23.1 Å². The number of pyridine rings is 1. The number of hydrogen-bond donors (Lipinski definition) is 4. The predicted octanol–water partition coefficient (Wildman–Crippen LogP) is 7.30. The molecule has 202 valence electrons. The van der Waals surface area contributed by atoms with Gasteiger partial charge in [-0.25, -0.2) is 14.6 Å². The number of urea groups is 1. The Morgan fingerprint density at radius 3 is 2.37 bits per heavy atom. The van der Waals surface area contributed by atoms with Gasteiger partial charge in [-0.3, -0.25) is 5.32 Å². The van der Waals surface area contributed by atoms with Gasteiger partial charge in [-0.15, -0.1) is 12.4 Å². The monoisotopic (exact) mass is 572 g/mol. The third-order valence-electron chi connectivity index (χ3n) is 4.61. The van der Waals surface area contributed by atoms with Gasteiger partial charge in [-0.05, 0) is 42.5 Å². The number of methoxy groups -OCH3 is 1. The Kier molecular flexibility index (Phi) is 9.74. The summed E-state index contributed by atoms with van der Waals surface area (Å²) in [6, 6.07) is 9.65. The van der Waals surface area contributed by atoms with Crippen LogP contribution in [0.1, 0.15) is 13.0 Å². The van der Waals surface area contributed by atoms with Crippen molar-refractivity contribution in [1.82, 2.24) is 15.0 Å². The quantitative estimate of drug-likeness (QED) is 0.198. The van der Waals surface area contributed by atoms with Crippen LogP contribution in [0.15, 0.2) is 54.7 Å². The fourth-order valence-electron chi connectivity index (χ4n) is 2.97. The molecule has 0 aliphatic rings. The van der Waals surface area contributed by atoms with Crippen LogP contribution in [0.2, 0.25) is 5.02 Å². The van der Waals surface area contributed by atoms with Gasteiger partial charge < -0.3 is 25.1 Å². The molecule has 3 amide bonds. The van der Waals surface area contributed by atoms with E-state index in [1.54, 1.807) is 18.2 Å². The van der Waals surface area contributed by atoms with E-state index in [2.05, 4.69) is 35.6 Å². The molecule has 0 atom stereocenters. The van der Waals surface area contributed by atoms with Crippen LogP contribution in [0.25, 0.3) is 11.2 Å². The van der Waals surface area contributed by atoms with E-state index in [-0.39, 0.29) is 36.5 Å². The van der Waals surface area contributed by atoms with Crippen molar-refractivity contribution in [3.8, 4) is 11.5 Å². The summed E-state index contributed by atoms with van der Waals surface area (Å²) in [5.74, 6) is 0.936. The number of amides is 3. The highest BCUT2D eigenvalue weighted by atomic mass is 35.5. The van der Waals surface area contributed by atoms with Crippen LogP contribution in [-0.2, 0) is 10.9 Å². The highest BCUT2D eigenvalue weighted by Crippen LogP contribution is 2.34. The number of hydrogen-bond acceptors (Lipinski definition) is 6. The fourth-order valence-corrected chi connectivity index (χ4v) is 3.13. The minimum Gasteiger partial charge on any atom is -0.456 e. The Labute approximate surface area is 225 Å². The number of benzene rings is 2. The van der Waals surface area contributed by atoms with Crippen LogP contribution in [0.3, 0.4) is 0 Å². The summed E-state index contributed by atoms with van der Waals surface area (Å²) in [7, 11) is 1.22. The summed E-state index contributed by atoms with van der Waals surface area (Å²) in [5.41, 5.74) is 0.0731. The molecule has 0 aliphatic carbocycles. The molecule has 0 saturated heterocycles. The van der Waals surface area contributed by atoms with Gasteiger partial charge in [0.25, 0.3) is 0 Å². The van der Waals surface area contributed by atoms with Gasteiger partial charge in [0.1, 0.15) is 11.5 Å². The number of imidazole rings is 1. The average Bonchev–Trinajstić information content (AvgIpc) is 3.22. The molecule has 0 unspecified atom stereocenters. The number of nitrogens with zero attached hydrogens (tertiary/aromatic N) is 2. The second kappa shape index (κ2) is 12.3. The Hall–Kier alpha value is -4.23. The van der Waals surface area contributed by atoms with E-state index in [0.29, 0.717) is 28.4 Å². The number of H-pyrrole nitrogens is 1. The maximum absolute atomic E-state index is 12.9. The van der Waals surface area contributed by atoms with Gasteiger partial charge in [-0.2, -0.15) is 18.2 Å². The summed E-state index contributed by atoms with van der Waals surface area (Å²) < 4.78 is 49.0. The van der Waals surface area contributed by atoms with Gasteiger partial charge in [0, 0.05) is 11.8 Å². The van der Waals surface area contributed by atoms with Crippen molar-refractivity contribution < 1.29 is 32.2 Å². The molecule has 10 nitrogen and oxygen atoms in total. The first-order chi connectivity index (χ1) is 17.1. The molecule has 38 heavy (non-hydrogen) atoms. The summed E-state index contributed by atoms with van der Waals surface area (Å²) in [6.45, 7) is 0. The Balaban J connectivity index is 0.00000253. The lowest BCUT2D eigenvalue weighted by atomic mass is 10.2. The van der Waals surface area contributed by atoms with Crippen LogP contribution >= 0.6 is 24.0 Å². The van der Waals surface area contributed by atoms with Crippen molar-refractivity contribution >= 4 is 64.6 Å². The van der Waals surface area contributed by atoms with Crippen LogP contribution in [-0.4, -0.2) is 34.2 Å². The number of nitrogens with one attached hydrogen (secondary N) is 4. The zero-order chi connectivity index (χ0) is 25.9. The second-order valence-corrected chi connectivity index (χ2v) is 7.55. The number of carbonyl (C=O) groups is 2. The van der Waals surface area contributed by atoms with E-state index >= 15 is 0 Å². The van der Waals surface area contributed by atoms with E-state index in [4.69, 9.17) is 16.3 Å². The van der Waals surface area contributed by atoms with Crippen molar-refractivity contribution in [3.63, 3.8) is 0 Å². The third-order valence-corrected chi connectivity index (χ3v) is 4.94. The molecule has 0 saturated carbocycles. The normalized spacial score (nSPS) is 10.6. The average molecular weight is 573 g/mol. The molecule has 2 aromatic carbocycles. The standard InChI is InChI=1S/C22H16ClF3N6O4.CH4.ClH/c1-35-21(34)32-19-29-17-9-14(10-27-18(17)31-19)36-13-5-3-12(4-6-13)28-20(33)30-16-8-11(22(24,25)26)2-7-15(16)23;;/h2-10H,1H3,(H2,28,30,33)(H2,27,29,31,32,34);1H4;1H. The van der Waals surface area contributed by atoms with E-state index in [1.807, 2.05) is 0 Å². The summed E-state index contributed by atoms with van der Waals surface area (Å²) >= 11 is 5.90. The van der Waals surface area contributed by atoms with Crippen molar-refractivity contribution in [3.05, 3.63) is 65.3 Å². The maximum atomic E-state index is 12.9. The van der Waals surface area contributed by atoms with Crippen LogP contribution in [0.4, 0.5) is 40.1 Å². The number of carbonyl (C=O) groups excluding carboxylic acids is 2. The molecular weight excluding hydrogens is 552 g/mol. The number of halogens is 5. The minimum absolute atomic E-state index is 0. The molecule has 4 N–H and O–H groups in total. The Morgan fingerprint density at radius 1 is 1.00 bits per heavy atom. The smallest absolute Gasteiger partial charge is 0.416 e. The van der Waals surface area contributed by atoms with Crippen molar-refractivity contribution in [2.24, 2.45) is 0 Å². The van der Waals surface area contributed by atoms with Gasteiger partial charge in [0.05, 0.1) is 35.1 Å².